The molecule has 2 unspecified atom stereocenters. The lowest BCUT2D eigenvalue weighted by atomic mass is 10.3. The van der Waals surface area contributed by atoms with E-state index in [0.717, 1.165) is 0 Å². The van der Waals surface area contributed by atoms with Crippen LogP contribution in [0, 0.1) is 0 Å². The minimum absolute atomic E-state index is 0.152. The Morgan fingerprint density at radius 3 is 2.63 bits per heavy atom. The molecule has 0 fully saturated rings. The lowest BCUT2D eigenvalue weighted by molar-refractivity contribution is -0.149. The Morgan fingerprint density at radius 1 is 1.37 bits per heavy atom. The Labute approximate surface area is 114 Å². The highest BCUT2D eigenvalue weighted by Crippen LogP contribution is 1.96. The Bertz CT molecular complexity index is 270. The van der Waals surface area contributed by atoms with E-state index in [1.165, 1.54) is 0 Å². The summed E-state index contributed by atoms with van der Waals surface area (Å²) in [7, 11) is 0. The van der Waals surface area contributed by atoms with E-state index in [0.29, 0.717) is 25.3 Å². The molecule has 19 heavy (non-hydrogen) atoms. The van der Waals surface area contributed by atoms with Crippen LogP contribution in [-0.2, 0) is 19.0 Å². The summed E-state index contributed by atoms with van der Waals surface area (Å²) in [5, 5.41) is 12.2. The molecule has 0 aliphatic heterocycles. The first-order valence-electron chi connectivity index (χ1n) is 6.40. The van der Waals surface area contributed by atoms with Crippen LogP contribution < -0.4 is 5.32 Å². The maximum atomic E-state index is 11.1. The molecule has 112 valence electrons. The SMILES string of the molecule is C=C(C)C(=O)NCCOCC(O)COC(C)OCC. The Balaban J connectivity index is 3.45. The molecule has 1 amide bonds. The monoisotopic (exact) mass is 275 g/mol. The van der Waals surface area contributed by atoms with Crippen LogP contribution in [0.5, 0.6) is 0 Å². The van der Waals surface area contributed by atoms with E-state index in [2.05, 4.69) is 11.9 Å². The number of carbonyl (C=O) groups is 1. The second-order valence-electron chi connectivity index (χ2n) is 4.12. The minimum Gasteiger partial charge on any atom is -0.388 e. The summed E-state index contributed by atoms with van der Waals surface area (Å²) in [6.45, 7) is 10.4. The van der Waals surface area contributed by atoms with Crippen molar-refractivity contribution < 1.29 is 24.1 Å². The molecule has 6 nitrogen and oxygen atoms in total. The summed E-state index contributed by atoms with van der Waals surface area (Å²) in [6.07, 6.45) is -1.05. The van der Waals surface area contributed by atoms with Gasteiger partial charge < -0.3 is 24.6 Å². The zero-order chi connectivity index (χ0) is 14.7. The molecule has 0 aliphatic carbocycles. The van der Waals surface area contributed by atoms with Crippen LogP contribution in [0.2, 0.25) is 0 Å². The van der Waals surface area contributed by atoms with Crippen molar-refractivity contribution in [3.8, 4) is 0 Å². The van der Waals surface area contributed by atoms with Crippen molar-refractivity contribution >= 4 is 5.91 Å². The van der Waals surface area contributed by atoms with Crippen molar-refractivity contribution in [1.29, 1.82) is 0 Å². The topological polar surface area (TPSA) is 77.0 Å². The number of rotatable bonds is 11. The van der Waals surface area contributed by atoms with Gasteiger partial charge in [0.25, 0.3) is 0 Å². The van der Waals surface area contributed by atoms with E-state index >= 15 is 0 Å². The van der Waals surface area contributed by atoms with Crippen LogP contribution in [0.25, 0.3) is 0 Å². The Hall–Kier alpha value is -0.950. The molecule has 0 aromatic carbocycles. The van der Waals surface area contributed by atoms with Gasteiger partial charge in [-0.2, -0.15) is 0 Å². The summed E-state index contributed by atoms with van der Waals surface area (Å²) in [6, 6.07) is 0. The van der Waals surface area contributed by atoms with Gasteiger partial charge in [0.1, 0.15) is 6.10 Å². The second kappa shape index (κ2) is 10.9. The molecular weight excluding hydrogens is 250 g/mol. The number of aliphatic hydroxyl groups is 1. The fraction of sp³-hybridized carbons (Fsp3) is 0.769. The standard InChI is InChI=1S/C13H25NO5/c1-5-18-11(4)19-9-12(15)8-17-7-6-14-13(16)10(2)3/h11-12,15H,2,5-9H2,1,3-4H3,(H,14,16). The average molecular weight is 275 g/mol. The van der Waals surface area contributed by atoms with Gasteiger partial charge in [0.2, 0.25) is 5.91 Å². The Morgan fingerprint density at radius 2 is 2.05 bits per heavy atom. The van der Waals surface area contributed by atoms with Crippen molar-refractivity contribution in [1.82, 2.24) is 5.32 Å². The van der Waals surface area contributed by atoms with E-state index in [-0.39, 0.29) is 25.4 Å². The van der Waals surface area contributed by atoms with Gasteiger partial charge >= 0.3 is 0 Å². The van der Waals surface area contributed by atoms with Gasteiger partial charge in [0.05, 0.1) is 19.8 Å². The van der Waals surface area contributed by atoms with E-state index in [1.54, 1.807) is 13.8 Å². The fourth-order valence-electron chi connectivity index (χ4n) is 1.18. The van der Waals surface area contributed by atoms with Crippen molar-refractivity contribution in [3.05, 3.63) is 12.2 Å². The van der Waals surface area contributed by atoms with Crippen molar-refractivity contribution in [3.63, 3.8) is 0 Å². The van der Waals surface area contributed by atoms with Crippen LogP contribution in [0.1, 0.15) is 20.8 Å². The molecule has 0 rings (SSSR count). The molecule has 0 bridgehead atoms. The maximum Gasteiger partial charge on any atom is 0.246 e. The summed E-state index contributed by atoms with van der Waals surface area (Å²) in [5.41, 5.74) is 0.457. The summed E-state index contributed by atoms with van der Waals surface area (Å²) in [5.74, 6) is -0.196. The highest BCUT2D eigenvalue weighted by atomic mass is 16.7. The second-order valence-corrected chi connectivity index (χ2v) is 4.12. The number of hydrogen-bond acceptors (Lipinski definition) is 5. The lowest BCUT2D eigenvalue weighted by Crippen LogP contribution is -2.30. The molecule has 0 heterocycles. The summed E-state index contributed by atoms with van der Waals surface area (Å²) in [4.78, 5) is 11.1. The van der Waals surface area contributed by atoms with Crippen molar-refractivity contribution in [2.75, 3.05) is 33.0 Å². The number of ether oxygens (including phenoxy) is 3. The highest BCUT2D eigenvalue weighted by Gasteiger charge is 2.08. The highest BCUT2D eigenvalue weighted by molar-refractivity contribution is 5.91. The number of aliphatic hydroxyl groups excluding tert-OH is 1. The van der Waals surface area contributed by atoms with Crippen molar-refractivity contribution in [2.24, 2.45) is 0 Å². The van der Waals surface area contributed by atoms with Crippen LogP contribution in [0.3, 0.4) is 0 Å². The third-order valence-corrected chi connectivity index (χ3v) is 2.15. The first-order valence-corrected chi connectivity index (χ1v) is 6.40. The van der Waals surface area contributed by atoms with Crippen LogP contribution in [0.15, 0.2) is 12.2 Å². The Kier molecular flexibility index (Phi) is 10.4. The van der Waals surface area contributed by atoms with Crippen LogP contribution >= 0.6 is 0 Å². The predicted molar refractivity (Wildman–Crippen MR) is 71.7 cm³/mol. The zero-order valence-electron chi connectivity index (χ0n) is 12.0. The summed E-state index contributed by atoms with van der Waals surface area (Å²) < 4.78 is 15.6. The molecule has 6 heteroatoms. The van der Waals surface area contributed by atoms with E-state index < -0.39 is 6.10 Å². The quantitative estimate of drug-likeness (QED) is 0.325. The van der Waals surface area contributed by atoms with E-state index in [4.69, 9.17) is 14.2 Å². The smallest absolute Gasteiger partial charge is 0.246 e. The van der Waals surface area contributed by atoms with Crippen LogP contribution in [-0.4, -0.2) is 56.4 Å². The van der Waals surface area contributed by atoms with E-state index in [9.17, 15) is 9.90 Å². The van der Waals surface area contributed by atoms with Gasteiger partial charge in [-0.25, -0.2) is 0 Å². The first-order chi connectivity index (χ1) is 8.97. The number of hydrogen-bond donors (Lipinski definition) is 2. The zero-order valence-corrected chi connectivity index (χ0v) is 12.0. The third kappa shape index (κ3) is 10.6. The minimum atomic E-state index is -0.709. The van der Waals surface area contributed by atoms with Gasteiger partial charge in [0.15, 0.2) is 6.29 Å². The third-order valence-electron chi connectivity index (χ3n) is 2.15. The molecular formula is C13H25NO5. The molecule has 0 aromatic heterocycles. The van der Waals surface area contributed by atoms with Crippen LogP contribution in [0.4, 0.5) is 0 Å². The summed E-state index contributed by atoms with van der Waals surface area (Å²) >= 11 is 0. The van der Waals surface area contributed by atoms with Gasteiger partial charge in [-0.05, 0) is 20.8 Å². The number of amides is 1. The lowest BCUT2D eigenvalue weighted by Gasteiger charge is -2.16. The maximum absolute atomic E-state index is 11.1. The molecule has 2 atom stereocenters. The normalized spacial score (nSPS) is 13.9. The van der Waals surface area contributed by atoms with Gasteiger partial charge in [0, 0.05) is 18.7 Å². The predicted octanol–water partition coefficient (Wildman–Crippen LogP) is 0.455. The van der Waals surface area contributed by atoms with Gasteiger partial charge in [-0.3, -0.25) is 4.79 Å². The molecule has 0 spiro atoms. The van der Waals surface area contributed by atoms with Crippen molar-refractivity contribution in [2.45, 2.75) is 33.2 Å². The van der Waals surface area contributed by atoms with E-state index in [1.807, 2.05) is 6.92 Å². The molecule has 2 N–H and O–H groups in total. The molecule has 0 saturated heterocycles. The molecule has 0 aliphatic rings. The largest absolute Gasteiger partial charge is 0.388 e. The van der Waals surface area contributed by atoms with Gasteiger partial charge in [-0.15, -0.1) is 0 Å². The average Bonchev–Trinajstić information content (AvgIpc) is 2.36. The molecule has 0 aromatic rings. The number of nitrogens with one attached hydrogen (secondary N) is 1. The fourth-order valence-corrected chi connectivity index (χ4v) is 1.18. The molecule has 0 radical (unpaired) electrons. The van der Waals surface area contributed by atoms with Gasteiger partial charge in [-0.1, -0.05) is 6.58 Å². The first kappa shape index (κ1) is 18.0. The molecule has 0 saturated carbocycles. The number of carbonyl (C=O) groups excluding carboxylic acids is 1.